The molecule has 3 aromatic rings. The van der Waals surface area contributed by atoms with Crippen LogP contribution in [0.25, 0.3) is 5.65 Å². The van der Waals surface area contributed by atoms with Crippen LogP contribution in [0.5, 0.6) is 0 Å². The lowest BCUT2D eigenvalue weighted by Gasteiger charge is -2.36. The van der Waals surface area contributed by atoms with Crippen molar-refractivity contribution in [1.82, 2.24) is 24.6 Å². The third kappa shape index (κ3) is 3.21. The molecular weight excluding hydrogens is 346 g/mol. The Hall–Kier alpha value is -2.35. The van der Waals surface area contributed by atoms with E-state index in [1.165, 1.54) is 0 Å². The molecule has 136 valence electrons. The van der Waals surface area contributed by atoms with Gasteiger partial charge in [-0.15, -0.1) is 0 Å². The summed E-state index contributed by atoms with van der Waals surface area (Å²) in [5.74, 6) is 2.15. The highest BCUT2D eigenvalue weighted by molar-refractivity contribution is 7.98. The molecule has 7 nitrogen and oxygen atoms in total. The fourth-order valence-corrected chi connectivity index (χ4v) is 3.70. The van der Waals surface area contributed by atoms with Gasteiger partial charge < -0.3 is 9.80 Å². The summed E-state index contributed by atoms with van der Waals surface area (Å²) in [4.78, 5) is 18.5. The molecule has 0 unspecified atom stereocenters. The smallest absolute Gasteiger partial charge is 0.189 e. The number of piperazine rings is 1. The second kappa shape index (κ2) is 7.11. The first-order valence-corrected chi connectivity index (χ1v) is 10.1. The molecule has 0 spiro atoms. The predicted octanol–water partition coefficient (Wildman–Crippen LogP) is 2.44. The lowest BCUT2D eigenvalue weighted by atomic mass is 10.2. The van der Waals surface area contributed by atoms with Gasteiger partial charge in [0.2, 0.25) is 0 Å². The van der Waals surface area contributed by atoms with E-state index < -0.39 is 0 Å². The van der Waals surface area contributed by atoms with Gasteiger partial charge in [0.05, 0.1) is 6.20 Å². The van der Waals surface area contributed by atoms with Gasteiger partial charge in [-0.3, -0.25) is 0 Å². The predicted molar refractivity (Wildman–Crippen MR) is 105 cm³/mol. The summed E-state index contributed by atoms with van der Waals surface area (Å²) in [5, 5.41) is 5.28. The molecule has 0 aliphatic carbocycles. The van der Waals surface area contributed by atoms with Crippen molar-refractivity contribution >= 4 is 29.0 Å². The van der Waals surface area contributed by atoms with Gasteiger partial charge in [0, 0.05) is 55.8 Å². The average Bonchev–Trinajstić information content (AvgIpc) is 3.15. The fraction of sp³-hybridized carbons (Fsp3) is 0.444. The molecule has 0 saturated carbocycles. The Morgan fingerprint density at radius 3 is 2.54 bits per heavy atom. The van der Waals surface area contributed by atoms with Crippen LogP contribution in [0.2, 0.25) is 0 Å². The zero-order valence-corrected chi connectivity index (χ0v) is 16.2. The van der Waals surface area contributed by atoms with E-state index in [4.69, 9.17) is 4.98 Å². The topological polar surface area (TPSA) is 62.5 Å². The van der Waals surface area contributed by atoms with Crippen LogP contribution >= 0.6 is 11.8 Å². The summed E-state index contributed by atoms with van der Waals surface area (Å²) in [6.07, 6.45) is 4.76. The molecule has 0 amide bonds. The molecule has 0 N–H and O–H groups in total. The number of aromatic nitrogens is 5. The number of aryl methyl sites for hydroxylation is 2. The summed E-state index contributed by atoms with van der Waals surface area (Å²) in [6, 6.07) is 6.18. The Morgan fingerprint density at radius 2 is 1.81 bits per heavy atom. The number of anilines is 2. The molecule has 4 rings (SSSR count). The standard InChI is InChI=1S/C18H23N7S/c1-4-14-12-16(22-18(21-14)26-3)23-7-9-24(10-8-23)17-11-13(2)20-15-5-6-19-25(15)17/h5-6,11-12H,4,7-10H2,1-3H3. The van der Waals surface area contributed by atoms with E-state index in [2.05, 4.69) is 43.9 Å². The minimum atomic E-state index is 0.852. The Morgan fingerprint density at radius 1 is 1.04 bits per heavy atom. The van der Waals surface area contributed by atoms with Gasteiger partial charge in [-0.25, -0.2) is 15.0 Å². The lowest BCUT2D eigenvalue weighted by molar-refractivity contribution is 0.628. The number of nitrogens with zero attached hydrogens (tertiary/aromatic N) is 7. The molecule has 0 bridgehead atoms. The number of hydrogen-bond acceptors (Lipinski definition) is 7. The number of fused-ring (bicyclic) bond motifs is 1. The average molecular weight is 369 g/mol. The van der Waals surface area contributed by atoms with Gasteiger partial charge in [0.25, 0.3) is 0 Å². The third-order valence-corrected chi connectivity index (χ3v) is 5.23. The zero-order chi connectivity index (χ0) is 18.1. The van der Waals surface area contributed by atoms with Crippen LogP contribution in [0.15, 0.2) is 29.6 Å². The molecule has 26 heavy (non-hydrogen) atoms. The first-order chi connectivity index (χ1) is 12.7. The van der Waals surface area contributed by atoms with E-state index in [0.717, 1.165) is 66.4 Å². The first-order valence-electron chi connectivity index (χ1n) is 8.91. The van der Waals surface area contributed by atoms with Crippen LogP contribution < -0.4 is 9.80 Å². The van der Waals surface area contributed by atoms with Crippen molar-refractivity contribution in [3.63, 3.8) is 0 Å². The summed E-state index contributed by atoms with van der Waals surface area (Å²) >= 11 is 1.60. The van der Waals surface area contributed by atoms with Crippen LogP contribution in [0.1, 0.15) is 18.3 Å². The quantitative estimate of drug-likeness (QED) is 0.517. The summed E-state index contributed by atoms with van der Waals surface area (Å²) in [7, 11) is 0. The van der Waals surface area contributed by atoms with Gasteiger partial charge in [0.1, 0.15) is 11.6 Å². The Bertz CT molecular complexity index is 893. The van der Waals surface area contributed by atoms with E-state index in [1.807, 2.05) is 23.8 Å². The monoisotopic (exact) mass is 369 g/mol. The molecule has 4 heterocycles. The maximum absolute atomic E-state index is 4.71. The highest BCUT2D eigenvalue weighted by Gasteiger charge is 2.21. The van der Waals surface area contributed by atoms with Crippen LogP contribution in [0.3, 0.4) is 0 Å². The molecule has 1 aliphatic heterocycles. The van der Waals surface area contributed by atoms with Crippen molar-refractivity contribution in [1.29, 1.82) is 0 Å². The largest absolute Gasteiger partial charge is 0.353 e. The number of hydrogen-bond donors (Lipinski definition) is 0. The van der Waals surface area contributed by atoms with Gasteiger partial charge in [-0.1, -0.05) is 18.7 Å². The van der Waals surface area contributed by atoms with Crippen molar-refractivity contribution in [2.24, 2.45) is 0 Å². The molecule has 1 aliphatic rings. The van der Waals surface area contributed by atoms with Gasteiger partial charge >= 0.3 is 0 Å². The Labute approximate surface area is 157 Å². The van der Waals surface area contributed by atoms with Gasteiger partial charge in [-0.2, -0.15) is 9.61 Å². The summed E-state index contributed by atoms with van der Waals surface area (Å²) in [5.41, 5.74) is 3.02. The molecular formula is C18H23N7S. The highest BCUT2D eigenvalue weighted by atomic mass is 32.2. The van der Waals surface area contributed by atoms with Crippen molar-refractivity contribution in [3.05, 3.63) is 35.8 Å². The Balaban J connectivity index is 1.55. The summed E-state index contributed by atoms with van der Waals surface area (Å²) < 4.78 is 1.92. The fourth-order valence-electron chi connectivity index (χ4n) is 3.30. The lowest BCUT2D eigenvalue weighted by Crippen LogP contribution is -2.47. The number of rotatable bonds is 4. The normalized spacial score (nSPS) is 15.0. The van der Waals surface area contributed by atoms with Crippen molar-refractivity contribution in [2.75, 3.05) is 42.2 Å². The molecule has 8 heteroatoms. The van der Waals surface area contributed by atoms with Crippen molar-refractivity contribution < 1.29 is 0 Å². The van der Waals surface area contributed by atoms with E-state index in [1.54, 1.807) is 18.0 Å². The van der Waals surface area contributed by atoms with E-state index in [0.29, 0.717) is 0 Å². The van der Waals surface area contributed by atoms with Crippen molar-refractivity contribution in [3.8, 4) is 0 Å². The third-order valence-electron chi connectivity index (χ3n) is 4.69. The second-order valence-corrected chi connectivity index (χ2v) is 7.16. The maximum Gasteiger partial charge on any atom is 0.189 e. The molecule has 0 radical (unpaired) electrons. The SMILES string of the molecule is CCc1cc(N2CCN(c3cc(C)nc4ccnn34)CC2)nc(SC)n1. The van der Waals surface area contributed by atoms with Gasteiger partial charge in [-0.05, 0) is 19.6 Å². The second-order valence-electron chi connectivity index (χ2n) is 6.39. The van der Waals surface area contributed by atoms with E-state index in [-0.39, 0.29) is 0 Å². The maximum atomic E-state index is 4.71. The van der Waals surface area contributed by atoms with Crippen LogP contribution in [-0.4, -0.2) is 57.0 Å². The van der Waals surface area contributed by atoms with Crippen molar-refractivity contribution in [2.45, 2.75) is 25.4 Å². The summed E-state index contributed by atoms with van der Waals surface area (Å²) in [6.45, 7) is 7.88. The van der Waals surface area contributed by atoms with E-state index in [9.17, 15) is 0 Å². The Kier molecular flexibility index (Phi) is 4.67. The minimum absolute atomic E-state index is 0.852. The molecule has 0 atom stereocenters. The van der Waals surface area contributed by atoms with E-state index >= 15 is 0 Å². The van der Waals surface area contributed by atoms with Crippen LogP contribution in [0.4, 0.5) is 11.6 Å². The molecule has 1 fully saturated rings. The molecule has 3 aromatic heterocycles. The van der Waals surface area contributed by atoms with Crippen LogP contribution in [-0.2, 0) is 6.42 Å². The highest BCUT2D eigenvalue weighted by Crippen LogP contribution is 2.23. The van der Waals surface area contributed by atoms with Gasteiger partial charge in [0.15, 0.2) is 10.8 Å². The number of thioether (sulfide) groups is 1. The molecule has 1 saturated heterocycles. The minimum Gasteiger partial charge on any atom is -0.353 e. The first kappa shape index (κ1) is 17.1. The molecule has 0 aromatic carbocycles. The van der Waals surface area contributed by atoms with Crippen LogP contribution in [0, 0.1) is 6.92 Å². The zero-order valence-electron chi connectivity index (χ0n) is 15.4.